The minimum absolute atomic E-state index is 0.128. The molecule has 2 aromatic heterocycles. The third kappa shape index (κ3) is 4.20. The SMILES string of the molecule is Cc1[nH]ncc1CCCn1cncc1CNC(C)(C)C. The Labute approximate surface area is 120 Å². The second kappa shape index (κ2) is 6.22. The van der Waals surface area contributed by atoms with Crippen LogP contribution in [0.3, 0.4) is 0 Å². The smallest absolute Gasteiger partial charge is 0.0948 e. The Morgan fingerprint density at radius 1 is 1.30 bits per heavy atom. The number of rotatable bonds is 6. The Morgan fingerprint density at radius 3 is 2.75 bits per heavy atom. The fraction of sp³-hybridized carbons (Fsp3) is 0.600. The maximum Gasteiger partial charge on any atom is 0.0948 e. The summed E-state index contributed by atoms with van der Waals surface area (Å²) in [6.45, 7) is 10.4. The van der Waals surface area contributed by atoms with Crippen molar-refractivity contribution in [1.29, 1.82) is 0 Å². The van der Waals surface area contributed by atoms with Crippen molar-refractivity contribution in [2.45, 2.75) is 59.2 Å². The van der Waals surface area contributed by atoms with Crippen molar-refractivity contribution in [1.82, 2.24) is 25.1 Å². The number of H-pyrrole nitrogens is 1. The molecule has 0 aliphatic heterocycles. The van der Waals surface area contributed by atoms with Crippen molar-refractivity contribution in [3.63, 3.8) is 0 Å². The second-order valence-corrected chi connectivity index (χ2v) is 6.31. The van der Waals surface area contributed by atoms with Gasteiger partial charge in [-0.25, -0.2) is 4.98 Å². The maximum absolute atomic E-state index is 4.26. The topological polar surface area (TPSA) is 58.5 Å². The molecule has 5 nitrogen and oxygen atoms in total. The van der Waals surface area contributed by atoms with Gasteiger partial charge in [0.25, 0.3) is 0 Å². The lowest BCUT2D eigenvalue weighted by Crippen LogP contribution is -2.35. The first-order valence-corrected chi connectivity index (χ1v) is 7.18. The molecule has 5 heteroatoms. The van der Waals surface area contributed by atoms with E-state index in [1.807, 2.05) is 18.7 Å². The van der Waals surface area contributed by atoms with E-state index in [0.717, 1.165) is 25.9 Å². The van der Waals surface area contributed by atoms with Crippen LogP contribution in [0.2, 0.25) is 0 Å². The molecule has 2 heterocycles. The molecule has 0 spiro atoms. The largest absolute Gasteiger partial charge is 0.333 e. The Bertz CT molecular complexity index is 532. The number of nitrogens with one attached hydrogen (secondary N) is 2. The van der Waals surface area contributed by atoms with E-state index in [1.165, 1.54) is 17.0 Å². The van der Waals surface area contributed by atoms with Crippen molar-refractivity contribution in [2.24, 2.45) is 0 Å². The molecule has 0 saturated heterocycles. The monoisotopic (exact) mass is 275 g/mol. The average molecular weight is 275 g/mol. The first-order valence-electron chi connectivity index (χ1n) is 7.18. The number of imidazole rings is 1. The summed E-state index contributed by atoms with van der Waals surface area (Å²) in [7, 11) is 0. The second-order valence-electron chi connectivity index (χ2n) is 6.31. The minimum atomic E-state index is 0.128. The van der Waals surface area contributed by atoms with Gasteiger partial charge >= 0.3 is 0 Å². The summed E-state index contributed by atoms with van der Waals surface area (Å²) < 4.78 is 2.23. The van der Waals surface area contributed by atoms with Crippen LogP contribution in [0.4, 0.5) is 0 Å². The molecule has 0 fully saturated rings. The molecule has 0 amide bonds. The summed E-state index contributed by atoms with van der Waals surface area (Å²) in [6.07, 6.45) is 7.93. The van der Waals surface area contributed by atoms with Crippen molar-refractivity contribution in [2.75, 3.05) is 0 Å². The highest BCUT2D eigenvalue weighted by Crippen LogP contribution is 2.09. The number of hydrogen-bond donors (Lipinski definition) is 2. The first kappa shape index (κ1) is 14.8. The lowest BCUT2D eigenvalue weighted by molar-refractivity contribution is 0.414. The van der Waals surface area contributed by atoms with Crippen LogP contribution in [0.25, 0.3) is 0 Å². The number of aryl methyl sites for hydroxylation is 3. The summed E-state index contributed by atoms with van der Waals surface area (Å²) in [6, 6.07) is 0. The van der Waals surface area contributed by atoms with Crippen LogP contribution in [-0.2, 0) is 19.5 Å². The zero-order valence-corrected chi connectivity index (χ0v) is 12.9. The van der Waals surface area contributed by atoms with Crippen LogP contribution in [-0.4, -0.2) is 25.3 Å². The fourth-order valence-corrected chi connectivity index (χ4v) is 2.12. The van der Waals surface area contributed by atoms with Crippen LogP contribution in [0.15, 0.2) is 18.7 Å². The summed E-state index contributed by atoms with van der Waals surface area (Å²) >= 11 is 0. The number of hydrogen-bond acceptors (Lipinski definition) is 3. The molecule has 0 atom stereocenters. The molecule has 0 radical (unpaired) electrons. The summed E-state index contributed by atoms with van der Waals surface area (Å²) in [4.78, 5) is 4.26. The zero-order chi connectivity index (χ0) is 14.6. The highest BCUT2D eigenvalue weighted by atomic mass is 15.1. The molecule has 2 aromatic rings. The Kier molecular flexibility index (Phi) is 4.60. The molecule has 0 saturated carbocycles. The van der Waals surface area contributed by atoms with Gasteiger partial charge in [-0.3, -0.25) is 5.10 Å². The van der Waals surface area contributed by atoms with Gasteiger partial charge in [-0.1, -0.05) is 0 Å². The summed E-state index contributed by atoms with van der Waals surface area (Å²) in [5.74, 6) is 0. The molecule has 0 aliphatic carbocycles. The Hall–Kier alpha value is -1.62. The van der Waals surface area contributed by atoms with Crippen LogP contribution < -0.4 is 5.32 Å². The lowest BCUT2D eigenvalue weighted by Gasteiger charge is -2.21. The number of aromatic amines is 1. The molecule has 0 aliphatic rings. The van der Waals surface area contributed by atoms with E-state index in [-0.39, 0.29) is 5.54 Å². The third-order valence-electron chi connectivity index (χ3n) is 3.38. The van der Waals surface area contributed by atoms with Gasteiger partial charge in [-0.15, -0.1) is 0 Å². The van der Waals surface area contributed by atoms with Crippen molar-refractivity contribution >= 4 is 0 Å². The molecular formula is C15H25N5. The van der Waals surface area contributed by atoms with Gasteiger partial charge in [-0.05, 0) is 46.1 Å². The summed E-state index contributed by atoms with van der Waals surface area (Å²) in [5.41, 5.74) is 3.84. The van der Waals surface area contributed by atoms with Crippen LogP contribution in [0, 0.1) is 6.92 Å². The number of aromatic nitrogens is 4. The highest BCUT2D eigenvalue weighted by molar-refractivity contribution is 5.14. The average Bonchev–Trinajstić information content (AvgIpc) is 2.96. The van der Waals surface area contributed by atoms with Crippen molar-refractivity contribution < 1.29 is 0 Å². The standard InChI is InChI=1S/C15H25N5/c1-12-13(8-18-19-12)6-5-7-20-11-16-9-14(20)10-17-15(2,3)4/h8-9,11,17H,5-7,10H2,1-4H3,(H,18,19). The Balaban J connectivity index is 1.84. The maximum atomic E-state index is 4.26. The molecule has 0 bridgehead atoms. The van der Waals surface area contributed by atoms with Gasteiger partial charge < -0.3 is 9.88 Å². The quantitative estimate of drug-likeness (QED) is 0.851. The molecule has 0 unspecified atom stereocenters. The van der Waals surface area contributed by atoms with Gasteiger partial charge in [-0.2, -0.15) is 5.10 Å². The molecule has 20 heavy (non-hydrogen) atoms. The van der Waals surface area contributed by atoms with Gasteiger partial charge in [0, 0.05) is 30.5 Å². The van der Waals surface area contributed by atoms with E-state index in [9.17, 15) is 0 Å². The molecule has 110 valence electrons. The van der Waals surface area contributed by atoms with Crippen LogP contribution >= 0.6 is 0 Å². The van der Waals surface area contributed by atoms with E-state index < -0.39 is 0 Å². The fourth-order valence-electron chi connectivity index (χ4n) is 2.12. The molecule has 2 N–H and O–H groups in total. The van der Waals surface area contributed by atoms with Gasteiger partial charge in [0.05, 0.1) is 18.2 Å². The van der Waals surface area contributed by atoms with E-state index >= 15 is 0 Å². The van der Waals surface area contributed by atoms with E-state index in [0.29, 0.717) is 0 Å². The minimum Gasteiger partial charge on any atom is -0.333 e. The van der Waals surface area contributed by atoms with E-state index in [2.05, 4.69) is 52.8 Å². The summed E-state index contributed by atoms with van der Waals surface area (Å²) in [5, 5.41) is 10.5. The van der Waals surface area contributed by atoms with E-state index in [4.69, 9.17) is 0 Å². The van der Waals surface area contributed by atoms with Gasteiger partial charge in [0.1, 0.15) is 0 Å². The first-order chi connectivity index (χ1) is 9.46. The lowest BCUT2D eigenvalue weighted by atomic mass is 10.1. The predicted molar refractivity (Wildman–Crippen MR) is 80.5 cm³/mol. The van der Waals surface area contributed by atoms with Crippen molar-refractivity contribution in [3.05, 3.63) is 35.7 Å². The van der Waals surface area contributed by atoms with Crippen LogP contribution in [0.1, 0.15) is 44.1 Å². The Morgan fingerprint density at radius 2 is 2.10 bits per heavy atom. The van der Waals surface area contributed by atoms with Gasteiger partial charge in [0.2, 0.25) is 0 Å². The number of nitrogens with zero attached hydrogens (tertiary/aromatic N) is 3. The molecule has 0 aromatic carbocycles. The van der Waals surface area contributed by atoms with Crippen molar-refractivity contribution in [3.8, 4) is 0 Å². The normalized spacial score (nSPS) is 12.0. The predicted octanol–water partition coefficient (Wildman–Crippen LogP) is 2.44. The zero-order valence-electron chi connectivity index (χ0n) is 12.9. The molecular weight excluding hydrogens is 250 g/mol. The van der Waals surface area contributed by atoms with E-state index in [1.54, 1.807) is 0 Å². The third-order valence-corrected chi connectivity index (χ3v) is 3.38. The molecule has 2 rings (SSSR count). The van der Waals surface area contributed by atoms with Gasteiger partial charge in [0.15, 0.2) is 0 Å². The highest BCUT2D eigenvalue weighted by Gasteiger charge is 2.10. The van der Waals surface area contributed by atoms with Crippen LogP contribution in [0.5, 0.6) is 0 Å².